The molecule has 1 fully saturated rings. The van der Waals surface area contributed by atoms with E-state index in [1.807, 2.05) is 0 Å². The van der Waals surface area contributed by atoms with Crippen LogP contribution >= 0.6 is 0 Å². The fraction of sp³-hybridized carbons (Fsp3) is 0.550. The standard InChI is InChI=1S/C20H28N4O4/c1-19(2)9-13(10-20(3,4)23-19)22-18(27)17(26)21-12-6-7-15-14(8-12)24(5)16(25)11-28-15/h6-8,13,23H,9-11H2,1-5H3,(H,21,26)(H,22,27). The van der Waals surface area contributed by atoms with Gasteiger partial charge in [-0.05, 0) is 58.7 Å². The average Bonchev–Trinajstić information content (AvgIpc) is 2.55. The van der Waals surface area contributed by atoms with E-state index in [-0.39, 0.29) is 29.6 Å². The minimum absolute atomic E-state index is 0.0133. The molecule has 152 valence electrons. The first-order valence-corrected chi connectivity index (χ1v) is 9.40. The Hall–Kier alpha value is -2.61. The van der Waals surface area contributed by atoms with Gasteiger partial charge in [-0.3, -0.25) is 14.4 Å². The fourth-order valence-corrected chi connectivity index (χ4v) is 4.21. The minimum atomic E-state index is -0.736. The molecule has 2 heterocycles. The van der Waals surface area contributed by atoms with Gasteiger partial charge < -0.3 is 25.6 Å². The SMILES string of the molecule is CN1C(=O)COc2ccc(NC(=O)C(=O)NC3CC(C)(C)NC(C)(C)C3)cc21. The van der Waals surface area contributed by atoms with Crippen molar-refractivity contribution in [3.05, 3.63) is 18.2 Å². The molecule has 0 aliphatic carbocycles. The zero-order valence-electron chi connectivity index (χ0n) is 17.0. The molecular formula is C20H28N4O4. The van der Waals surface area contributed by atoms with Crippen LogP contribution in [0.15, 0.2) is 18.2 Å². The maximum Gasteiger partial charge on any atom is 0.313 e. The van der Waals surface area contributed by atoms with E-state index in [9.17, 15) is 14.4 Å². The largest absolute Gasteiger partial charge is 0.482 e. The van der Waals surface area contributed by atoms with Crippen LogP contribution < -0.4 is 25.6 Å². The number of carbonyl (C=O) groups is 3. The van der Waals surface area contributed by atoms with E-state index in [0.29, 0.717) is 17.1 Å². The Morgan fingerprint density at radius 1 is 1.14 bits per heavy atom. The lowest BCUT2D eigenvalue weighted by Gasteiger charge is -2.46. The number of hydrogen-bond acceptors (Lipinski definition) is 5. The number of nitrogens with zero attached hydrogens (tertiary/aromatic N) is 1. The number of likely N-dealkylation sites (N-methyl/N-ethyl adjacent to an activating group) is 1. The number of ether oxygens (including phenoxy) is 1. The molecule has 28 heavy (non-hydrogen) atoms. The second kappa shape index (κ2) is 7.09. The van der Waals surface area contributed by atoms with Gasteiger partial charge in [-0.15, -0.1) is 0 Å². The molecule has 0 aromatic heterocycles. The van der Waals surface area contributed by atoms with Gasteiger partial charge in [0.25, 0.3) is 5.91 Å². The predicted molar refractivity (Wildman–Crippen MR) is 106 cm³/mol. The van der Waals surface area contributed by atoms with Crippen molar-refractivity contribution in [2.45, 2.75) is 57.7 Å². The Balaban J connectivity index is 1.65. The summed E-state index contributed by atoms with van der Waals surface area (Å²) in [5.41, 5.74) is 0.712. The number of amides is 3. The van der Waals surface area contributed by atoms with Gasteiger partial charge in [-0.25, -0.2) is 0 Å². The monoisotopic (exact) mass is 388 g/mol. The first-order chi connectivity index (χ1) is 13.0. The van der Waals surface area contributed by atoms with E-state index < -0.39 is 11.8 Å². The molecule has 0 spiro atoms. The second-order valence-corrected chi connectivity index (χ2v) is 8.85. The summed E-state index contributed by atoms with van der Waals surface area (Å²) in [6, 6.07) is 4.84. The smallest absolute Gasteiger partial charge is 0.313 e. The summed E-state index contributed by atoms with van der Waals surface area (Å²) in [6.07, 6.45) is 1.47. The first kappa shape index (κ1) is 20.1. The number of hydrogen-bond donors (Lipinski definition) is 3. The van der Waals surface area contributed by atoms with E-state index in [1.165, 1.54) is 4.90 Å². The third-order valence-electron chi connectivity index (χ3n) is 5.04. The zero-order chi connectivity index (χ0) is 20.7. The lowest BCUT2D eigenvalue weighted by Crippen LogP contribution is -2.62. The number of carbonyl (C=O) groups excluding carboxylic acids is 3. The van der Waals surface area contributed by atoms with Crippen LogP contribution in [0.1, 0.15) is 40.5 Å². The van der Waals surface area contributed by atoms with Crippen molar-refractivity contribution in [2.75, 3.05) is 23.9 Å². The summed E-state index contributed by atoms with van der Waals surface area (Å²) in [5.74, 6) is -1.02. The molecule has 1 aromatic rings. The second-order valence-electron chi connectivity index (χ2n) is 8.85. The number of piperidine rings is 1. The molecule has 8 heteroatoms. The molecule has 1 aromatic carbocycles. The molecule has 0 saturated carbocycles. The lowest BCUT2D eigenvalue weighted by molar-refractivity contribution is -0.137. The maximum atomic E-state index is 12.4. The van der Waals surface area contributed by atoms with E-state index >= 15 is 0 Å². The summed E-state index contributed by atoms with van der Waals surface area (Å²) in [7, 11) is 1.64. The molecule has 1 saturated heterocycles. The molecule has 0 atom stereocenters. The van der Waals surface area contributed by atoms with Crippen molar-refractivity contribution in [1.29, 1.82) is 0 Å². The van der Waals surface area contributed by atoms with Crippen LogP contribution in [0.25, 0.3) is 0 Å². The van der Waals surface area contributed by atoms with E-state index in [1.54, 1.807) is 25.2 Å². The van der Waals surface area contributed by atoms with Crippen LogP contribution in [0.3, 0.4) is 0 Å². The van der Waals surface area contributed by atoms with Gasteiger partial charge in [0, 0.05) is 29.9 Å². The molecule has 3 rings (SSSR count). The third-order valence-corrected chi connectivity index (χ3v) is 5.04. The number of fused-ring (bicyclic) bond motifs is 1. The van der Waals surface area contributed by atoms with Crippen molar-refractivity contribution >= 4 is 29.1 Å². The number of anilines is 2. The van der Waals surface area contributed by atoms with Crippen molar-refractivity contribution in [2.24, 2.45) is 0 Å². The maximum absolute atomic E-state index is 12.4. The van der Waals surface area contributed by atoms with Crippen molar-refractivity contribution in [1.82, 2.24) is 10.6 Å². The molecule has 0 unspecified atom stereocenters. The van der Waals surface area contributed by atoms with Crippen LogP contribution in [-0.4, -0.2) is 48.5 Å². The van der Waals surface area contributed by atoms with Gasteiger partial charge >= 0.3 is 11.8 Å². The summed E-state index contributed by atoms with van der Waals surface area (Å²) in [4.78, 5) is 38.0. The molecule has 3 amide bonds. The number of nitrogens with one attached hydrogen (secondary N) is 3. The van der Waals surface area contributed by atoms with Gasteiger partial charge in [-0.1, -0.05) is 0 Å². The van der Waals surface area contributed by atoms with Gasteiger partial charge in [0.05, 0.1) is 5.69 Å². The van der Waals surface area contributed by atoms with E-state index in [2.05, 4.69) is 43.6 Å². The first-order valence-electron chi connectivity index (χ1n) is 9.40. The Morgan fingerprint density at radius 2 is 1.79 bits per heavy atom. The highest BCUT2D eigenvalue weighted by atomic mass is 16.5. The summed E-state index contributed by atoms with van der Waals surface area (Å²) in [5, 5.41) is 8.99. The van der Waals surface area contributed by atoms with Crippen LogP contribution in [0, 0.1) is 0 Å². The molecule has 0 radical (unpaired) electrons. The fourth-order valence-electron chi connectivity index (χ4n) is 4.21. The molecule has 8 nitrogen and oxygen atoms in total. The van der Waals surface area contributed by atoms with Crippen LogP contribution in [0.5, 0.6) is 5.75 Å². The van der Waals surface area contributed by atoms with Gasteiger partial charge in [0.15, 0.2) is 6.61 Å². The highest BCUT2D eigenvalue weighted by Gasteiger charge is 2.38. The van der Waals surface area contributed by atoms with Crippen LogP contribution in [0.4, 0.5) is 11.4 Å². The van der Waals surface area contributed by atoms with Crippen LogP contribution in [0.2, 0.25) is 0 Å². The molecule has 2 aliphatic heterocycles. The zero-order valence-corrected chi connectivity index (χ0v) is 17.0. The summed E-state index contributed by atoms with van der Waals surface area (Å²) in [6.45, 7) is 8.32. The highest BCUT2D eigenvalue weighted by Crippen LogP contribution is 2.33. The topological polar surface area (TPSA) is 99.8 Å². The Kier molecular flexibility index (Phi) is 5.10. The molecule has 3 N–H and O–H groups in total. The van der Waals surface area contributed by atoms with Crippen molar-refractivity contribution < 1.29 is 19.1 Å². The lowest BCUT2D eigenvalue weighted by atomic mass is 9.79. The van der Waals surface area contributed by atoms with E-state index in [0.717, 1.165) is 12.8 Å². The molecule has 2 aliphatic rings. The van der Waals surface area contributed by atoms with Gasteiger partial charge in [0.2, 0.25) is 0 Å². The normalized spacial score (nSPS) is 20.8. The Bertz CT molecular complexity index is 802. The van der Waals surface area contributed by atoms with Gasteiger partial charge in [-0.2, -0.15) is 0 Å². The summed E-state index contributed by atoms with van der Waals surface area (Å²) >= 11 is 0. The van der Waals surface area contributed by atoms with Gasteiger partial charge in [0.1, 0.15) is 5.75 Å². The quantitative estimate of drug-likeness (QED) is 0.665. The number of benzene rings is 1. The molecule has 0 bridgehead atoms. The van der Waals surface area contributed by atoms with E-state index in [4.69, 9.17) is 4.74 Å². The Labute approximate surface area is 165 Å². The summed E-state index contributed by atoms with van der Waals surface area (Å²) < 4.78 is 5.36. The number of rotatable bonds is 2. The predicted octanol–water partition coefficient (Wildman–Crippen LogP) is 1.41. The van der Waals surface area contributed by atoms with Crippen molar-refractivity contribution in [3.63, 3.8) is 0 Å². The highest BCUT2D eigenvalue weighted by molar-refractivity contribution is 6.39. The minimum Gasteiger partial charge on any atom is -0.482 e. The van der Waals surface area contributed by atoms with Crippen LogP contribution in [-0.2, 0) is 14.4 Å². The Morgan fingerprint density at radius 3 is 2.43 bits per heavy atom. The van der Waals surface area contributed by atoms with Crippen molar-refractivity contribution in [3.8, 4) is 5.75 Å². The average molecular weight is 388 g/mol. The third kappa shape index (κ3) is 4.44. The molecular weight excluding hydrogens is 360 g/mol.